The Kier molecular flexibility index (Phi) is 2.30. The maximum Gasteiger partial charge on any atom is 0.0569 e. The first kappa shape index (κ1) is 9.28. The topological polar surface area (TPSA) is 28.7 Å². The van der Waals surface area contributed by atoms with Crippen molar-refractivity contribution in [3.63, 3.8) is 0 Å². The minimum Gasteiger partial charge on any atom is -0.282 e. The van der Waals surface area contributed by atoms with Gasteiger partial charge in [0.2, 0.25) is 0 Å². The van der Waals surface area contributed by atoms with Crippen LogP contribution in [0.1, 0.15) is 11.3 Å². The molecule has 0 aliphatic rings. The van der Waals surface area contributed by atoms with E-state index in [9.17, 15) is 0 Å². The lowest BCUT2D eigenvalue weighted by atomic mass is 10.1. The minimum atomic E-state index is 0.773. The average molecular weight is 207 g/mol. The Bertz CT molecular complexity index is 460. The van der Waals surface area contributed by atoms with Crippen LogP contribution in [0.3, 0.4) is 0 Å². The molecule has 0 bridgehead atoms. The van der Waals surface area contributed by atoms with Crippen molar-refractivity contribution in [2.75, 3.05) is 0 Å². The number of hydrogen-bond acceptors (Lipinski definition) is 1. The second-order valence-corrected chi connectivity index (χ2v) is 3.80. The largest absolute Gasteiger partial charge is 0.282 e. The van der Waals surface area contributed by atoms with Crippen molar-refractivity contribution >= 4 is 11.6 Å². The molecule has 0 atom stereocenters. The third kappa shape index (κ3) is 1.53. The zero-order chi connectivity index (χ0) is 10.1. The van der Waals surface area contributed by atoms with Gasteiger partial charge in [-0.25, -0.2) is 0 Å². The second kappa shape index (κ2) is 3.46. The van der Waals surface area contributed by atoms with Gasteiger partial charge in [0, 0.05) is 21.8 Å². The quantitative estimate of drug-likeness (QED) is 0.762. The van der Waals surface area contributed by atoms with E-state index in [1.807, 2.05) is 32.0 Å². The molecule has 1 heterocycles. The first-order valence-corrected chi connectivity index (χ1v) is 4.83. The summed E-state index contributed by atoms with van der Waals surface area (Å²) < 4.78 is 0. The van der Waals surface area contributed by atoms with Gasteiger partial charge in [-0.3, -0.25) is 5.10 Å². The summed E-state index contributed by atoms with van der Waals surface area (Å²) in [4.78, 5) is 0. The van der Waals surface area contributed by atoms with Crippen LogP contribution in [0.25, 0.3) is 11.1 Å². The van der Waals surface area contributed by atoms with Crippen LogP contribution in [0.2, 0.25) is 5.02 Å². The highest BCUT2D eigenvalue weighted by Crippen LogP contribution is 2.29. The third-order valence-electron chi connectivity index (χ3n) is 2.24. The third-order valence-corrected chi connectivity index (χ3v) is 2.56. The molecule has 1 aromatic carbocycles. The molecule has 2 nitrogen and oxygen atoms in total. The van der Waals surface area contributed by atoms with Gasteiger partial charge in [-0.2, -0.15) is 5.10 Å². The Hall–Kier alpha value is -1.28. The van der Waals surface area contributed by atoms with E-state index < -0.39 is 0 Å². The Morgan fingerprint density at radius 1 is 1.21 bits per heavy atom. The monoisotopic (exact) mass is 206 g/mol. The van der Waals surface area contributed by atoms with Crippen LogP contribution in [-0.4, -0.2) is 10.2 Å². The Morgan fingerprint density at radius 3 is 2.57 bits per heavy atom. The van der Waals surface area contributed by atoms with E-state index in [2.05, 4.69) is 10.2 Å². The summed E-state index contributed by atoms with van der Waals surface area (Å²) >= 11 is 6.15. The number of benzene rings is 1. The van der Waals surface area contributed by atoms with Gasteiger partial charge in [0.05, 0.1) is 6.20 Å². The number of halogens is 1. The van der Waals surface area contributed by atoms with Crippen LogP contribution in [0.5, 0.6) is 0 Å². The maximum atomic E-state index is 6.15. The molecule has 72 valence electrons. The molecule has 0 saturated carbocycles. The Morgan fingerprint density at radius 2 is 2.00 bits per heavy atom. The van der Waals surface area contributed by atoms with Gasteiger partial charge in [-0.1, -0.05) is 23.7 Å². The predicted molar refractivity (Wildman–Crippen MR) is 58.5 cm³/mol. The van der Waals surface area contributed by atoms with Crippen LogP contribution in [0.4, 0.5) is 0 Å². The molecule has 2 aromatic rings. The molecule has 3 heteroatoms. The maximum absolute atomic E-state index is 6.15. The summed E-state index contributed by atoms with van der Waals surface area (Å²) in [6, 6.07) is 6.03. The van der Waals surface area contributed by atoms with Crippen molar-refractivity contribution in [1.82, 2.24) is 10.2 Å². The number of aryl methyl sites for hydroxylation is 2. The fourth-order valence-corrected chi connectivity index (χ4v) is 1.80. The molecular weight excluding hydrogens is 196 g/mol. The molecule has 1 aromatic heterocycles. The molecular formula is C11H11ClN2. The molecule has 1 N–H and O–H groups in total. The molecule has 0 aliphatic carbocycles. The number of nitrogens with one attached hydrogen (secondary N) is 1. The van der Waals surface area contributed by atoms with Crippen molar-refractivity contribution in [3.8, 4) is 11.1 Å². The summed E-state index contributed by atoms with van der Waals surface area (Å²) in [5, 5.41) is 7.65. The smallest absolute Gasteiger partial charge is 0.0569 e. The number of H-pyrrole nitrogens is 1. The molecule has 0 saturated heterocycles. The summed E-state index contributed by atoms with van der Waals surface area (Å²) in [5.41, 5.74) is 4.30. The van der Waals surface area contributed by atoms with E-state index in [-0.39, 0.29) is 0 Å². The molecule has 0 fully saturated rings. The van der Waals surface area contributed by atoms with E-state index in [0.29, 0.717) is 0 Å². The number of aromatic amines is 1. The average Bonchev–Trinajstić information content (AvgIpc) is 2.52. The summed E-state index contributed by atoms with van der Waals surface area (Å²) in [5.74, 6) is 0. The van der Waals surface area contributed by atoms with Gasteiger partial charge in [-0.15, -0.1) is 0 Å². The highest BCUT2D eigenvalue weighted by Gasteiger charge is 2.07. The van der Waals surface area contributed by atoms with Crippen LogP contribution >= 0.6 is 11.6 Å². The summed E-state index contributed by atoms with van der Waals surface area (Å²) in [6.45, 7) is 4.01. The first-order valence-electron chi connectivity index (χ1n) is 4.45. The Balaban J connectivity index is 2.58. The Labute approximate surface area is 87.9 Å². The summed E-state index contributed by atoms with van der Waals surface area (Å²) in [7, 11) is 0. The predicted octanol–water partition coefficient (Wildman–Crippen LogP) is 3.35. The zero-order valence-electron chi connectivity index (χ0n) is 8.13. The van der Waals surface area contributed by atoms with E-state index in [1.165, 1.54) is 5.56 Å². The fourth-order valence-electron chi connectivity index (χ4n) is 1.46. The number of aromatic nitrogens is 2. The van der Waals surface area contributed by atoms with Crippen LogP contribution in [-0.2, 0) is 0 Å². The lowest BCUT2D eigenvalue weighted by Crippen LogP contribution is -1.81. The number of hydrogen-bond donors (Lipinski definition) is 1. The fraction of sp³-hybridized carbons (Fsp3) is 0.182. The first-order chi connectivity index (χ1) is 6.68. The van der Waals surface area contributed by atoms with E-state index in [1.54, 1.807) is 6.20 Å². The lowest BCUT2D eigenvalue weighted by Gasteiger charge is -2.03. The molecule has 0 unspecified atom stereocenters. The van der Waals surface area contributed by atoms with Crippen molar-refractivity contribution in [2.45, 2.75) is 13.8 Å². The van der Waals surface area contributed by atoms with E-state index in [0.717, 1.165) is 21.8 Å². The molecule has 0 radical (unpaired) electrons. The number of nitrogens with zero attached hydrogens (tertiary/aromatic N) is 1. The van der Waals surface area contributed by atoms with Crippen molar-refractivity contribution in [3.05, 3.63) is 40.7 Å². The van der Waals surface area contributed by atoms with Gasteiger partial charge >= 0.3 is 0 Å². The molecule has 14 heavy (non-hydrogen) atoms. The molecule has 0 aliphatic heterocycles. The SMILES string of the molecule is Cc1ccc(-c2cn[nH]c2C)c(Cl)c1. The molecule has 2 rings (SSSR count). The lowest BCUT2D eigenvalue weighted by molar-refractivity contribution is 1.05. The van der Waals surface area contributed by atoms with E-state index in [4.69, 9.17) is 11.6 Å². The van der Waals surface area contributed by atoms with Crippen LogP contribution < -0.4 is 0 Å². The van der Waals surface area contributed by atoms with E-state index >= 15 is 0 Å². The van der Waals surface area contributed by atoms with Gasteiger partial charge < -0.3 is 0 Å². The second-order valence-electron chi connectivity index (χ2n) is 3.39. The van der Waals surface area contributed by atoms with Crippen molar-refractivity contribution in [1.29, 1.82) is 0 Å². The van der Waals surface area contributed by atoms with Crippen LogP contribution in [0.15, 0.2) is 24.4 Å². The zero-order valence-corrected chi connectivity index (χ0v) is 8.89. The minimum absolute atomic E-state index is 0.773. The van der Waals surface area contributed by atoms with Gasteiger partial charge in [0.25, 0.3) is 0 Å². The van der Waals surface area contributed by atoms with Gasteiger partial charge in [-0.05, 0) is 25.5 Å². The summed E-state index contributed by atoms with van der Waals surface area (Å²) in [6.07, 6.45) is 1.80. The highest BCUT2D eigenvalue weighted by atomic mass is 35.5. The molecule has 0 amide bonds. The van der Waals surface area contributed by atoms with Crippen molar-refractivity contribution in [2.24, 2.45) is 0 Å². The van der Waals surface area contributed by atoms with Crippen LogP contribution in [0, 0.1) is 13.8 Å². The molecule has 0 spiro atoms. The van der Waals surface area contributed by atoms with Gasteiger partial charge in [0.15, 0.2) is 0 Å². The highest BCUT2D eigenvalue weighted by molar-refractivity contribution is 6.33. The number of rotatable bonds is 1. The standard InChI is InChI=1S/C11H11ClN2/c1-7-3-4-9(11(12)5-7)10-6-13-14-8(10)2/h3-6H,1-2H3,(H,13,14). The van der Waals surface area contributed by atoms with Gasteiger partial charge in [0.1, 0.15) is 0 Å². The van der Waals surface area contributed by atoms with Crippen molar-refractivity contribution < 1.29 is 0 Å². The normalized spacial score (nSPS) is 10.5.